The van der Waals surface area contributed by atoms with Gasteiger partial charge in [0.1, 0.15) is 0 Å². The Morgan fingerprint density at radius 1 is 1.62 bits per heavy atom. The number of nitrogens with two attached hydrogens (primary N) is 1. The topological polar surface area (TPSA) is 69.1 Å². The molecule has 0 spiro atoms. The first-order valence-corrected chi connectivity index (χ1v) is 4.30. The molecule has 1 aromatic rings. The number of carbonyl (C=O) groups excluding carboxylic acids is 1. The Labute approximate surface area is 77.1 Å². The molecule has 72 valence electrons. The Balaban J connectivity index is 2.94. The van der Waals surface area contributed by atoms with Gasteiger partial charge in [0.25, 0.3) is 0 Å². The van der Waals surface area contributed by atoms with Crippen LogP contribution in [0.5, 0.6) is 0 Å². The highest BCUT2D eigenvalue weighted by atomic mass is 16.4. The maximum absolute atomic E-state index is 11.6. The van der Waals surface area contributed by atoms with Gasteiger partial charge in [-0.25, -0.2) is 4.98 Å². The monoisotopic (exact) mass is 182 g/mol. The first-order valence-electron chi connectivity index (χ1n) is 4.30. The number of Topliss-reactive ketones (excluding diaryl/α,β-unsaturated/α-hetero) is 1. The van der Waals surface area contributed by atoms with Gasteiger partial charge in [-0.05, 0) is 13.3 Å². The van der Waals surface area contributed by atoms with E-state index in [1.54, 1.807) is 13.8 Å². The summed E-state index contributed by atoms with van der Waals surface area (Å²) >= 11 is 0. The molecule has 0 fully saturated rings. The SMILES string of the molecule is CCC(N)C(=O)c1oc(C)nc1C. The van der Waals surface area contributed by atoms with Gasteiger partial charge in [-0.1, -0.05) is 6.92 Å². The third kappa shape index (κ3) is 1.95. The van der Waals surface area contributed by atoms with Crippen molar-refractivity contribution in [2.45, 2.75) is 33.2 Å². The van der Waals surface area contributed by atoms with Crippen molar-refractivity contribution in [1.29, 1.82) is 0 Å². The van der Waals surface area contributed by atoms with Crippen LogP contribution in [0.2, 0.25) is 0 Å². The molecule has 13 heavy (non-hydrogen) atoms. The van der Waals surface area contributed by atoms with Crippen molar-refractivity contribution in [2.75, 3.05) is 0 Å². The van der Waals surface area contributed by atoms with Crippen molar-refractivity contribution in [1.82, 2.24) is 4.98 Å². The van der Waals surface area contributed by atoms with E-state index in [0.29, 0.717) is 23.8 Å². The second-order valence-corrected chi connectivity index (χ2v) is 3.03. The standard InChI is InChI=1S/C9H14N2O2/c1-4-7(10)8(12)9-5(2)11-6(3)13-9/h7H,4,10H2,1-3H3. The number of hydrogen-bond donors (Lipinski definition) is 1. The smallest absolute Gasteiger partial charge is 0.216 e. The first-order chi connectivity index (χ1) is 6.06. The molecule has 1 atom stereocenters. The maximum Gasteiger partial charge on any atom is 0.216 e. The van der Waals surface area contributed by atoms with E-state index in [0.717, 1.165) is 0 Å². The Morgan fingerprint density at radius 2 is 2.23 bits per heavy atom. The van der Waals surface area contributed by atoms with Crippen LogP contribution in [0, 0.1) is 13.8 Å². The average Bonchev–Trinajstić information content (AvgIpc) is 2.42. The molecule has 1 unspecified atom stereocenters. The summed E-state index contributed by atoms with van der Waals surface area (Å²) in [4.78, 5) is 15.6. The summed E-state index contributed by atoms with van der Waals surface area (Å²) in [7, 11) is 0. The van der Waals surface area contributed by atoms with Crippen LogP contribution in [0.3, 0.4) is 0 Å². The van der Waals surface area contributed by atoms with Crippen molar-refractivity contribution < 1.29 is 9.21 Å². The van der Waals surface area contributed by atoms with Crippen molar-refractivity contribution in [3.63, 3.8) is 0 Å². The third-order valence-corrected chi connectivity index (χ3v) is 1.90. The zero-order chi connectivity index (χ0) is 10.0. The summed E-state index contributed by atoms with van der Waals surface area (Å²) in [6.07, 6.45) is 0.609. The van der Waals surface area contributed by atoms with E-state index in [-0.39, 0.29) is 5.78 Å². The highest BCUT2D eigenvalue weighted by molar-refractivity contribution is 5.98. The Hall–Kier alpha value is -1.16. The molecule has 2 N–H and O–H groups in total. The number of aryl methyl sites for hydroxylation is 2. The molecule has 0 aliphatic heterocycles. The second kappa shape index (κ2) is 3.70. The number of aromatic nitrogens is 1. The molecule has 0 radical (unpaired) electrons. The highest BCUT2D eigenvalue weighted by Gasteiger charge is 2.20. The summed E-state index contributed by atoms with van der Waals surface area (Å²) in [5.74, 6) is 0.636. The lowest BCUT2D eigenvalue weighted by Gasteiger charge is -2.04. The zero-order valence-corrected chi connectivity index (χ0v) is 8.13. The lowest BCUT2D eigenvalue weighted by Crippen LogP contribution is -2.29. The number of nitrogens with zero attached hydrogens (tertiary/aromatic N) is 1. The van der Waals surface area contributed by atoms with Crippen molar-refractivity contribution in [3.05, 3.63) is 17.3 Å². The number of oxazole rings is 1. The van der Waals surface area contributed by atoms with E-state index >= 15 is 0 Å². The van der Waals surface area contributed by atoms with E-state index in [2.05, 4.69) is 4.98 Å². The quantitative estimate of drug-likeness (QED) is 0.713. The summed E-state index contributed by atoms with van der Waals surface area (Å²) < 4.78 is 5.16. The molecule has 4 nitrogen and oxygen atoms in total. The fraction of sp³-hybridized carbons (Fsp3) is 0.556. The molecule has 0 aromatic carbocycles. The second-order valence-electron chi connectivity index (χ2n) is 3.03. The van der Waals surface area contributed by atoms with E-state index in [1.165, 1.54) is 0 Å². The van der Waals surface area contributed by atoms with Crippen LogP contribution in [-0.2, 0) is 0 Å². The normalized spacial score (nSPS) is 12.9. The number of ketones is 1. The van der Waals surface area contributed by atoms with Crippen LogP contribution >= 0.6 is 0 Å². The zero-order valence-electron chi connectivity index (χ0n) is 8.13. The van der Waals surface area contributed by atoms with E-state index < -0.39 is 6.04 Å². The van der Waals surface area contributed by atoms with Gasteiger partial charge in [-0.15, -0.1) is 0 Å². The molecule has 0 amide bonds. The number of rotatable bonds is 3. The van der Waals surface area contributed by atoms with Crippen molar-refractivity contribution in [2.24, 2.45) is 5.73 Å². The van der Waals surface area contributed by atoms with Crippen LogP contribution in [0.15, 0.2) is 4.42 Å². The van der Waals surface area contributed by atoms with Crippen LogP contribution in [-0.4, -0.2) is 16.8 Å². The highest BCUT2D eigenvalue weighted by Crippen LogP contribution is 2.12. The lowest BCUT2D eigenvalue weighted by atomic mass is 10.1. The third-order valence-electron chi connectivity index (χ3n) is 1.90. The minimum Gasteiger partial charge on any atom is -0.438 e. The van der Waals surface area contributed by atoms with Crippen LogP contribution in [0.1, 0.15) is 35.5 Å². The molecule has 0 aliphatic carbocycles. The van der Waals surface area contributed by atoms with Gasteiger partial charge in [-0.2, -0.15) is 0 Å². The summed E-state index contributed by atoms with van der Waals surface area (Å²) in [6.45, 7) is 5.31. The fourth-order valence-electron chi connectivity index (χ4n) is 1.11. The Bertz CT molecular complexity index is 317. The van der Waals surface area contributed by atoms with E-state index in [4.69, 9.17) is 10.2 Å². The Kier molecular flexibility index (Phi) is 2.83. The molecule has 1 rings (SSSR count). The molecule has 0 aliphatic rings. The van der Waals surface area contributed by atoms with Crippen LogP contribution < -0.4 is 5.73 Å². The van der Waals surface area contributed by atoms with Gasteiger partial charge in [0.05, 0.1) is 11.7 Å². The fourth-order valence-corrected chi connectivity index (χ4v) is 1.11. The molecule has 0 saturated heterocycles. The molecule has 0 bridgehead atoms. The van der Waals surface area contributed by atoms with Gasteiger partial charge < -0.3 is 10.2 Å². The lowest BCUT2D eigenvalue weighted by molar-refractivity contribution is 0.0930. The van der Waals surface area contributed by atoms with Gasteiger partial charge in [0.2, 0.25) is 5.78 Å². The maximum atomic E-state index is 11.6. The summed E-state index contributed by atoms with van der Waals surface area (Å²) in [6, 6.07) is -0.481. The largest absolute Gasteiger partial charge is 0.438 e. The Morgan fingerprint density at radius 3 is 2.62 bits per heavy atom. The first kappa shape index (κ1) is 9.92. The van der Waals surface area contributed by atoms with Crippen LogP contribution in [0.4, 0.5) is 0 Å². The number of hydrogen-bond acceptors (Lipinski definition) is 4. The van der Waals surface area contributed by atoms with Crippen molar-refractivity contribution >= 4 is 5.78 Å². The molecular formula is C9H14N2O2. The average molecular weight is 182 g/mol. The minimum absolute atomic E-state index is 0.166. The van der Waals surface area contributed by atoms with E-state index in [1.807, 2.05) is 6.92 Å². The predicted octanol–water partition coefficient (Wildman–Crippen LogP) is 1.21. The predicted molar refractivity (Wildman–Crippen MR) is 48.6 cm³/mol. The van der Waals surface area contributed by atoms with Gasteiger partial charge in [0.15, 0.2) is 11.7 Å². The van der Waals surface area contributed by atoms with Gasteiger partial charge >= 0.3 is 0 Å². The summed E-state index contributed by atoms with van der Waals surface area (Å²) in [5.41, 5.74) is 6.21. The number of carbonyl (C=O) groups is 1. The van der Waals surface area contributed by atoms with Gasteiger partial charge in [0, 0.05) is 6.92 Å². The van der Waals surface area contributed by atoms with Gasteiger partial charge in [-0.3, -0.25) is 4.79 Å². The summed E-state index contributed by atoms with van der Waals surface area (Å²) in [5, 5.41) is 0. The van der Waals surface area contributed by atoms with Crippen LogP contribution in [0.25, 0.3) is 0 Å². The molecule has 0 saturated carbocycles. The van der Waals surface area contributed by atoms with Crippen molar-refractivity contribution in [3.8, 4) is 0 Å². The molecule has 1 heterocycles. The molecule has 4 heteroatoms. The van der Waals surface area contributed by atoms with E-state index in [9.17, 15) is 4.79 Å². The minimum atomic E-state index is -0.481. The molecule has 1 aromatic heterocycles. The molecular weight excluding hydrogens is 168 g/mol.